The molecule has 0 fully saturated rings. The first-order valence-electron chi connectivity index (χ1n) is 5.96. The molecule has 1 amide bonds. The van der Waals surface area contributed by atoms with Crippen molar-refractivity contribution in [1.82, 2.24) is 0 Å². The lowest BCUT2D eigenvalue weighted by atomic mass is 10.2. The average molecular weight is 307 g/mol. The van der Waals surface area contributed by atoms with Crippen molar-refractivity contribution in [2.45, 2.75) is 0 Å². The predicted molar refractivity (Wildman–Crippen MR) is 78.3 cm³/mol. The quantitative estimate of drug-likeness (QED) is 0.884. The summed E-state index contributed by atoms with van der Waals surface area (Å²) in [4.78, 5) is 24.9. The van der Waals surface area contributed by atoms with Gasteiger partial charge in [0.25, 0.3) is 5.91 Å². The van der Waals surface area contributed by atoms with Crippen molar-refractivity contribution in [3.8, 4) is 11.5 Å². The summed E-state index contributed by atoms with van der Waals surface area (Å²) in [5.74, 6) is -0.972. The molecule has 1 aromatic heterocycles. The van der Waals surface area contributed by atoms with Crippen LogP contribution in [0, 0.1) is 0 Å². The van der Waals surface area contributed by atoms with Gasteiger partial charge in [0.05, 0.1) is 12.0 Å². The number of rotatable bonds is 5. The Bertz CT molecular complexity index is 650. The highest BCUT2D eigenvalue weighted by Gasteiger charge is 2.22. The summed E-state index contributed by atoms with van der Waals surface area (Å²) in [6.07, 6.45) is 0. The number of amides is 1. The van der Waals surface area contributed by atoms with Crippen LogP contribution in [0.15, 0.2) is 35.7 Å². The number of ether oxygens (including phenoxy) is 1. The Labute approximate surface area is 124 Å². The van der Waals surface area contributed by atoms with E-state index in [1.165, 1.54) is 42.7 Å². The Morgan fingerprint density at radius 3 is 2.48 bits per heavy atom. The van der Waals surface area contributed by atoms with Crippen LogP contribution in [0.2, 0.25) is 0 Å². The molecule has 0 saturated heterocycles. The van der Waals surface area contributed by atoms with E-state index in [9.17, 15) is 14.7 Å². The zero-order valence-corrected chi connectivity index (χ0v) is 12.0. The Morgan fingerprint density at radius 2 is 1.95 bits per heavy atom. The van der Waals surface area contributed by atoms with Crippen LogP contribution < -0.4 is 9.64 Å². The van der Waals surface area contributed by atoms with Crippen molar-refractivity contribution in [2.75, 3.05) is 18.6 Å². The molecule has 0 saturated carbocycles. The number of aromatic hydroxyl groups is 1. The van der Waals surface area contributed by atoms with E-state index in [-0.39, 0.29) is 5.75 Å². The monoisotopic (exact) mass is 307 g/mol. The lowest BCUT2D eigenvalue weighted by Crippen LogP contribution is -2.35. The normalized spacial score (nSPS) is 10.1. The number of aliphatic carboxylic acids is 1. The van der Waals surface area contributed by atoms with Gasteiger partial charge in [0.1, 0.15) is 18.0 Å². The standard InChI is InChI=1S/C14H13NO5S/c1-20-11-6-12(21-8-11)14(19)15(7-13(17)18)9-2-4-10(16)5-3-9/h2-6,8,16H,7H2,1H3,(H,17,18). The van der Waals surface area contributed by atoms with Crippen LogP contribution in [-0.4, -0.2) is 35.7 Å². The van der Waals surface area contributed by atoms with E-state index in [0.29, 0.717) is 16.3 Å². The second-order valence-corrected chi connectivity index (χ2v) is 5.06. The van der Waals surface area contributed by atoms with E-state index >= 15 is 0 Å². The van der Waals surface area contributed by atoms with Gasteiger partial charge < -0.3 is 14.9 Å². The first kappa shape index (κ1) is 14.9. The Kier molecular flexibility index (Phi) is 4.44. The SMILES string of the molecule is COc1csc(C(=O)N(CC(=O)O)c2ccc(O)cc2)c1. The highest BCUT2D eigenvalue weighted by atomic mass is 32.1. The second kappa shape index (κ2) is 6.27. The van der Waals surface area contributed by atoms with Gasteiger partial charge in [-0.05, 0) is 24.3 Å². The van der Waals surface area contributed by atoms with Crippen LogP contribution in [-0.2, 0) is 4.79 Å². The van der Waals surface area contributed by atoms with Gasteiger partial charge >= 0.3 is 5.97 Å². The molecule has 7 heteroatoms. The van der Waals surface area contributed by atoms with Crippen LogP contribution in [0.3, 0.4) is 0 Å². The average Bonchev–Trinajstić information content (AvgIpc) is 2.94. The minimum Gasteiger partial charge on any atom is -0.508 e. The molecule has 0 radical (unpaired) electrons. The number of hydrogen-bond acceptors (Lipinski definition) is 5. The maximum absolute atomic E-state index is 12.4. The fraction of sp³-hybridized carbons (Fsp3) is 0.143. The zero-order chi connectivity index (χ0) is 15.4. The van der Waals surface area contributed by atoms with E-state index in [0.717, 1.165) is 4.90 Å². The molecule has 2 rings (SSSR count). The molecule has 0 spiro atoms. The number of anilines is 1. The van der Waals surface area contributed by atoms with Gasteiger partial charge in [-0.15, -0.1) is 11.3 Å². The highest BCUT2D eigenvalue weighted by molar-refractivity contribution is 7.12. The molecule has 0 aliphatic heterocycles. The van der Waals surface area contributed by atoms with Crippen molar-refractivity contribution in [3.63, 3.8) is 0 Å². The predicted octanol–water partition coefficient (Wildman–Crippen LogP) is 2.19. The number of thiophene rings is 1. The first-order valence-corrected chi connectivity index (χ1v) is 6.84. The lowest BCUT2D eigenvalue weighted by molar-refractivity contribution is -0.135. The summed E-state index contributed by atoms with van der Waals surface area (Å²) in [6.45, 7) is -0.468. The number of phenols is 1. The van der Waals surface area contributed by atoms with E-state index in [2.05, 4.69) is 0 Å². The minimum atomic E-state index is -1.13. The van der Waals surface area contributed by atoms with Gasteiger partial charge in [-0.2, -0.15) is 0 Å². The largest absolute Gasteiger partial charge is 0.508 e. The summed E-state index contributed by atoms with van der Waals surface area (Å²) >= 11 is 1.18. The van der Waals surface area contributed by atoms with E-state index in [4.69, 9.17) is 9.84 Å². The van der Waals surface area contributed by atoms with E-state index < -0.39 is 18.4 Å². The summed E-state index contributed by atoms with van der Waals surface area (Å²) in [6, 6.07) is 7.32. The lowest BCUT2D eigenvalue weighted by Gasteiger charge is -2.20. The molecule has 2 N–H and O–H groups in total. The smallest absolute Gasteiger partial charge is 0.323 e. The van der Waals surface area contributed by atoms with Gasteiger partial charge in [-0.25, -0.2) is 0 Å². The van der Waals surface area contributed by atoms with Crippen LogP contribution in [0.25, 0.3) is 0 Å². The van der Waals surface area contributed by atoms with Gasteiger partial charge in [0.15, 0.2) is 0 Å². The fourth-order valence-electron chi connectivity index (χ4n) is 1.72. The molecule has 0 aliphatic rings. The number of methoxy groups -OCH3 is 1. The molecule has 21 heavy (non-hydrogen) atoms. The third-order valence-electron chi connectivity index (χ3n) is 2.72. The topological polar surface area (TPSA) is 87.1 Å². The molecule has 6 nitrogen and oxygen atoms in total. The Balaban J connectivity index is 2.32. The number of hydrogen-bond donors (Lipinski definition) is 2. The van der Waals surface area contributed by atoms with Crippen molar-refractivity contribution in [3.05, 3.63) is 40.6 Å². The summed E-state index contributed by atoms with van der Waals surface area (Å²) in [5.41, 5.74) is 0.396. The number of carboxylic acid groups (broad SMARTS) is 1. The van der Waals surface area contributed by atoms with E-state index in [1.807, 2.05) is 0 Å². The third kappa shape index (κ3) is 3.51. The van der Waals surface area contributed by atoms with Gasteiger partial charge in [0, 0.05) is 17.1 Å². The zero-order valence-electron chi connectivity index (χ0n) is 11.1. The van der Waals surface area contributed by atoms with E-state index in [1.54, 1.807) is 11.4 Å². The molecule has 1 heterocycles. The second-order valence-electron chi connectivity index (χ2n) is 4.15. The Hall–Kier alpha value is -2.54. The van der Waals surface area contributed by atoms with Crippen molar-refractivity contribution >= 4 is 28.9 Å². The minimum absolute atomic E-state index is 0.0410. The van der Waals surface area contributed by atoms with Crippen LogP contribution in [0.1, 0.15) is 9.67 Å². The number of carboxylic acids is 1. The summed E-state index contributed by atoms with van der Waals surface area (Å²) in [7, 11) is 1.49. The number of carbonyl (C=O) groups is 2. The van der Waals surface area contributed by atoms with Crippen LogP contribution >= 0.6 is 11.3 Å². The number of carbonyl (C=O) groups excluding carboxylic acids is 1. The maximum atomic E-state index is 12.4. The molecule has 2 aromatic rings. The summed E-state index contributed by atoms with van der Waals surface area (Å²) < 4.78 is 5.02. The summed E-state index contributed by atoms with van der Waals surface area (Å²) in [5, 5.41) is 19.9. The molecular formula is C14H13NO5S. The number of benzene rings is 1. The number of phenolic OH excluding ortho intramolecular Hbond substituents is 1. The molecule has 0 atom stereocenters. The van der Waals surface area contributed by atoms with Gasteiger partial charge in [0.2, 0.25) is 0 Å². The fourth-order valence-corrected chi connectivity index (χ4v) is 2.52. The Morgan fingerprint density at radius 1 is 1.29 bits per heavy atom. The first-order chi connectivity index (χ1) is 10.0. The third-order valence-corrected chi connectivity index (χ3v) is 3.62. The maximum Gasteiger partial charge on any atom is 0.323 e. The van der Waals surface area contributed by atoms with Crippen molar-refractivity contribution in [2.24, 2.45) is 0 Å². The van der Waals surface area contributed by atoms with Crippen LogP contribution in [0.4, 0.5) is 5.69 Å². The molecule has 0 unspecified atom stereocenters. The molecule has 0 bridgehead atoms. The van der Waals surface area contributed by atoms with Crippen molar-refractivity contribution < 1.29 is 24.5 Å². The molecule has 0 aliphatic carbocycles. The van der Waals surface area contributed by atoms with Crippen LogP contribution in [0.5, 0.6) is 11.5 Å². The molecule has 110 valence electrons. The highest BCUT2D eigenvalue weighted by Crippen LogP contribution is 2.26. The molecule has 1 aromatic carbocycles. The van der Waals surface area contributed by atoms with Gasteiger partial charge in [-0.3, -0.25) is 14.5 Å². The van der Waals surface area contributed by atoms with Gasteiger partial charge in [-0.1, -0.05) is 0 Å². The van der Waals surface area contributed by atoms with Crippen molar-refractivity contribution in [1.29, 1.82) is 0 Å². The number of nitrogens with zero attached hydrogens (tertiary/aromatic N) is 1. The molecular weight excluding hydrogens is 294 g/mol.